The van der Waals surface area contributed by atoms with Crippen LogP contribution in [0.5, 0.6) is 5.75 Å². The first-order valence-electron chi connectivity index (χ1n) is 8.89. The number of amides is 1. The van der Waals surface area contributed by atoms with Gasteiger partial charge in [0.15, 0.2) is 12.4 Å². The summed E-state index contributed by atoms with van der Waals surface area (Å²) in [5.41, 5.74) is 1.84. The molecule has 0 radical (unpaired) electrons. The summed E-state index contributed by atoms with van der Waals surface area (Å²) in [6.07, 6.45) is 2.56. The minimum atomic E-state index is -0.556. The van der Waals surface area contributed by atoms with E-state index in [-0.39, 0.29) is 11.7 Å². The van der Waals surface area contributed by atoms with Crippen LogP contribution in [0.4, 0.5) is 0 Å². The van der Waals surface area contributed by atoms with Gasteiger partial charge >= 0.3 is 0 Å². The highest BCUT2D eigenvalue weighted by atomic mass is 16.5. The van der Waals surface area contributed by atoms with Crippen LogP contribution >= 0.6 is 0 Å². The summed E-state index contributed by atoms with van der Waals surface area (Å²) in [4.78, 5) is 12.9. The van der Waals surface area contributed by atoms with E-state index in [2.05, 4.69) is 5.32 Å². The Morgan fingerprint density at radius 1 is 0.893 bits per heavy atom. The molecular weight excluding hydrogens is 352 g/mol. The topological polar surface area (TPSA) is 76.3 Å². The van der Waals surface area contributed by atoms with Gasteiger partial charge in [0.2, 0.25) is 0 Å². The molecule has 1 aromatic heterocycles. The first kappa shape index (κ1) is 17.5. The number of rotatable bonds is 4. The van der Waals surface area contributed by atoms with Crippen LogP contribution in [0, 0.1) is 5.21 Å². The number of carbonyl (C=O) groups is 1. The lowest BCUT2D eigenvalue weighted by molar-refractivity contribution is -0.605. The normalized spacial score (nSPS) is 11.9. The molecule has 2 N–H and O–H groups in total. The zero-order chi connectivity index (χ0) is 19.5. The zero-order valence-corrected chi connectivity index (χ0v) is 14.9. The predicted molar refractivity (Wildman–Crippen MR) is 107 cm³/mol. The van der Waals surface area contributed by atoms with Crippen molar-refractivity contribution in [2.24, 2.45) is 0 Å². The summed E-state index contributed by atoms with van der Waals surface area (Å²) in [6, 6.07) is 23.1. The Hall–Kier alpha value is -3.86. The molecule has 5 nitrogen and oxygen atoms in total. The van der Waals surface area contributed by atoms with Crippen molar-refractivity contribution in [3.05, 3.63) is 113 Å². The smallest absolute Gasteiger partial charge is 0.252 e. The molecule has 138 valence electrons. The highest BCUT2D eigenvalue weighted by molar-refractivity contribution is 5.95. The van der Waals surface area contributed by atoms with Crippen molar-refractivity contribution in [3.63, 3.8) is 0 Å². The fourth-order valence-electron chi connectivity index (χ4n) is 3.33. The van der Waals surface area contributed by atoms with Crippen molar-refractivity contribution < 1.29 is 14.6 Å². The third-order valence-electron chi connectivity index (χ3n) is 4.71. The summed E-state index contributed by atoms with van der Waals surface area (Å²) < 4.78 is 0.627. The minimum absolute atomic E-state index is 0.110. The second-order valence-corrected chi connectivity index (χ2v) is 6.48. The van der Waals surface area contributed by atoms with Crippen LogP contribution in [0.15, 0.2) is 91.3 Å². The first-order chi connectivity index (χ1) is 13.6. The molecule has 0 aliphatic rings. The third-order valence-corrected chi connectivity index (χ3v) is 4.71. The molecule has 1 amide bonds. The molecule has 0 saturated carbocycles. The van der Waals surface area contributed by atoms with Gasteiger partial charge in [-0.25, -0.2) is 0 Å². The maximum Gasteiger partial charge on any atom is 0.252 e. The Morgan fingerprint density at radius 2 is 1.57 bits per heavy atom. The number of nitrogens with one attached hydrogen (secondary N) is 1. The van der Waals surface area contributed by atoms with Crippen molar-refractivity contribution in [2.75, 3.05) is 0 Å². The van der Waals surface area contributed by atoms with Crippen molar-refractivity contribution in [1.29, 1.82) is 0 Å². The summed E-state index contributed by atoms with van der Waals surface area (Å²) in [6.45, 7) is 0. The number of aromatic nitrogens is 1. The average molecular weight is 370 g/mol. The van der Waals surface area contributed by atoms with Gasteiger partial charge in [0.05, 0.1) is 11.6 Å². The molecule has 0 aliphatic heterocycles. The van der Waals surface area contributed by atoms with E-state index in [0.717, 1.165) is 16.3 Å². The van der Waals surface area contributed by atoms with Gasteiger partial charge in [0, 0.05) is 17.7 Å². The predicted octanol–water partition coefficient (Wildman–Crippen LogP) is 3.70. The highest BCUT2D eigenvalue weighted by Crippen LogP contribution is 2.35. The van der Waals surface area contributed by atoms with E-state index < -0.39 is 6.04 Å². The van der Waals surface area contributed by atoms with Gasteiger partial charge in [-0.3, -0.25) is 4.79 Å². The van der Waals surface area contributed by atoms with E-state index in [9.17, 15) is 15.1 Å². The van der Waals surface area contributed by atoms with Gasteiger partial charge in [-0.2, -0.15) is 4.73 Å². The monoisotopic (exact) mass is 370 g/mol. The number of phenols is 1. The number of hydrogen-bond acceptors (Lipinski definition) is 3. The lowest BCUT2D eigenvalue weighted by Crippen LogP contribution is -2.31. The van der Waals surface area contributed by atoms with Crippen LogP contribution in [0.25, 0.3) is 10.8 Å². The molecular formula is C23H18N2O3. The Bertz CT molecular complexity index is 1130. The molecule has 5 heteroatoms. The zero-order valence-electron chi connectivity index (χ0n) is 14.9. The van der Waals surface area contributed by atoms with Gasteiger partial charge in [-0.15, -0.1) is 0 Å². The van der Waals surface area contributed by atoms with Crippen molar-refractivity contribution in [1.82, 2.24) is 5.32 Å². The number of fused-ring (bicyclic) bond motifs is 1. The number of carbonyl (C=O) groups excluding carboxylic acids is 1. The van der Waals surface area contributed by atoms with Crippen LogP contribution in [0.3, 0.4) is 0 Å². The number of benzene rings is 3. The fraction of sp³-hybridized carbons (Fsp3) is 0.0435. The molecule has 4 rings (SSSR count). The molecule has 0 fully saturated rings. The molecule has 0 spiro atoms. The fourth-order valence-corrected chi connectivity index (χ4v) is 3.33. The lowest BCUT2D eigenvalue weighted by Gasteiger charge is -2.22. The number of nitrogens with zero attached hydrogens (tertiary/aromatic N) is 1. The minimum Gasteiger partial charge on any atom is -0.619 e. The summed E-state index contributed by atoms with van der Waals surface area (Å²) in [5.74, 6) is -0.222. The SMILES string of the molecule is O=C(N[C@@H](c1ccccc1)c1c(O)ccc2ccccc12)c1cc[n+]([O-])cc1. The van der Waals surface area contributed by atoms with Gasteiger partial charge < -0.3 is 15.6 Å². The second kappa shape index (κ2) is 7.40. The standard InChI is InChI=1S/C23H18N2O3/c26-20-11-10-16-6-4-5-9-19(16)21(20)22(17-7-2-1-3-8-17)24-23(27)18-12-14-25(28)15-13-18/h1-15,22,26H,(H,24,27)/t22-/m0/s1. The molecule has 0 unspecified atom stereocenters. The highest BCUT2D eigenvalue weighted by Gasteiger charge is 2.23. The van der Waals surface area contributed by atoms with Crippen LogP contribution in [-0.4, -0.2) is 11.0 Å². The van der Waals surface area contributed by atoms with Gasteiger partial charge in [-0.1, -0.05) is 60.7 Å². The molecule has 0 aliphatic carbocycles. The number of hydrogen-bond donors (Lipinski definition) is 2. The van der Waals surface area contributed by atoms with E-state index in [1.165, 1.54) is 24.5 Å². The summed E-state index contributed by atoms with van der Waals surface area (Å²) in [5, 5.41) is 26.8. The van der Waals surface area contributed by atoms with E-state index >= 15 is 0 Å². The van der Waals surface area contributed by atoms with Crippen molar-refractivity contribution in [2.45, 2.75) is 6.04 Å². The quantitative estimate of drug-likeness (QED) is 0.425. The third kappa shape index (κ3) is 3.38. The van der Waals surface area contributed by atoms with Crippen LogP contribution in [-0.2, 0) is 0 Å². The van der Waals surface area contributed by atoms with Crippen LogP contribution in [0.1, 0.15) is 27.5 Å². The largest absolute Gasteiger partial charge is 0.619 e. The molecule has 4 aromatic rings. The van der Waals surface area contributed by atoms with Crippen LogP contribution in [0.2, 0.25) is 0 Å². The maximum absolute atomic E-state index is 12.9. The first-order valence-corrected chi connectivity index (χ1v) is 8.89. The molecule has 28 heavy (non-hydrogen) atoms. The molecule has 3 aromatic carbocycles. The Balaban J connectivity index is 1.83. The van der Waals surface area contributed by atoms with Crippen LogP contribution < -0.4 is 10.0 Å². The molecule has 0 bridgehead atoms. The number of phenolic OH excluding ortho intramolecular Hbond substituents is 1. The number of pyridine rings is 1. The Kier molecular flexibility index (Phi) is 4.64. The molecule has 1 heterocycles. The number of aromatic hydroxyl groups is 1. The molecule has 0 saturated heterocycles. The van der Waals surface area contributed by atoms with Gasteiger partial charge in [0.25, 0.3) is 5.91 Å². The summed E-state index contributed by atoms with van der Waals surface area (Å²) in [7, 11) is 0. The Morgan fingerprint density at radius 3 is 2.32 bits per heavy atom. The van der Waals surface area contributed by atoms with Crippen molar-refractivity contribution >= 4 is 16.7 Å². The average Bonchev–Trinajstić information content (AvgIpc) is 2.73. The molecule has 1 atom stereocenters. The van der Waals surface area contributed by atoms with Crippen molar-refractivity contribution in [3.8, 4) is 5.75 Å². The van der Waals surface area contributed by atoms with Gasteiger partial charge in [-0.05, 0) is 22.4 Å². The van der Waals surface area contributed by atoms with Gasteiger partial charge in [0.1, 0.15) is 5.75 Å². The van der Waals surface area contributed by atoms with E-state index in [4.69, 9.17) is 0 Å². The van der Waals surface area contributed by atoms with E-state index in [0.29, 0.717) is 15.9 Å². The van der Waals surface area contributed by atoms with E-state index in [1.807, 2.05) is 60.7 Å². The second-order valence-electron chi connectivity index (χ2n) is 6.48. The maximum atomic E-state index is 12.9. The summed E-state index contributed by atoms with van der Waals surface area (Å²) >= 11 is 0. The van der Waals surface area contributed by atoms with E-state index in [1.54, 1.807) is 6.07 Å². The Labute approximate surface area is 162 Å². The lowest BCUT2D eigenvalue weighted by atomic mass is 9.92.